The quantitative estimate of drug-likeness (QED) is 0.506. The van der Waals surface area contributed by atoms with Gasteiger partial charge in [0, 0.05) is 20.0 Å². The van der Waals surface area contributed by atoms with Crippen LogP contribution in [0.1, 0.15) is 66.2 Å². The third-order valence-corrected chi connectivity index (χ3v) is 6.14. The number of furan rings is 1. The minimum absolute atomic E-state index is 0.0561. The van der Waals surface area contributed by atoms with E-state index < -0.39 is 0 Å². The maximum Gasteiger partial charge on any atom is 0.286 e. The summed E-state index contributed by atoms with van der Waals surface area (Å²) in [6.45, 7) is 7.39. The second kappa shape index (κ2) is 10.6. The van der Waals surface area contributed by atoms with Gasteiger partial charge in [-0.15, -0.1) is 0 Å². The molecule has 3 aromatic rings. The topological polar surface area (TPSA) is 71.8 Å². The van der Waals surface area contributed by atoms with Crippen molar-refractivity contribution >= 4 is 11.8 Å². The number of carbonyl (C=O) groups excluding carboxylic acids is 2. The summed E-state index contributed by atoms with van der Waals surface area (Å²) in [6, 6.07) is 19.4. The van der Waals surface area contributed by atoms with E-state index in [1.165, 1.54) is 5.56 Å². The summed E-state index contributed by atoms with van der Waals surface area (Å²) in [6.07, 6.45) is 1.73. The maximum atomic E-state index is 12.4. The lowest BCUT2D eigenvalue weighted by atomic mass is 9.88. The van der Waals surface area contributed by atoms with Gasteiger partial charge in [-0.2, -0.15) is 0 Å². The normalized spacial score (nSPS) is 15.2. The fraction of sp³-hybridized carbons (Fsp3) is 0.357. The highest BCUT2D eigenvalue weighted by atomic mass is 16.5. The highest BCUT2D eigenvalue weighted by Gasteiger charge is 2.30. The molecule has 0 saturated carbocycles. The SMILES string of the molecule is CC(=O)N1CCc2ccc(OCc3ccc(C(=O)NCCC(C)C)o3)cc2[C@H]1c1ccccc1. The molecule has 0 fully saturated rings. The molecule has 0 saturated heterocycles. The molecule has 2 aromatic carbocycles. The zero-order chi connectivity index (χ0) is 24.1. The Labute approximate surface area is 200 Å². The van der Waals surface area contributed by atoms with Gasteiger partial charge >= 0.3 is 0 Å². The predicted molar refractivity (Wildman–Crippen MR) is 131 cm³/mol. The molecular formula is C28H32N2O4. The number of amides is 2. The summed E-state index contributed by atoms with van der Waals surface area (Å²) in [5, 5.41) is 2.88. The Morgan fingerprint density at radius 3 is 2.65 bits per heavy atom. The van der Waals surface area contributed by atoms with Crippen LogP contribution in [0.2, 0.25) is 0 Å². The Bertz CT molecular complexity index is 1140. The Morgan fingerprint density at radius 1 is 1.12 bits per heavy atom. The van der Waals surface area contributed by atoms with Crippen LogP contribution in [0.4, 0.5) is 0 Å². The monoisotopic (exact) mass is 460 g/mol. The predicted octanol–water partition coefficient (Wildman–Crippen LogP) is 5.13. The number of rotatable bonds is 8. The van der Waals surface area contributed by atoms with Gasteiger partial charge in [0.1, 0.15) is 18.1 Å². The van der Waals surface area contributed by atoms with Gasteiger partial charge in [-0.25, -0.2) is 0 Å². The number of hydrogen-bond acceptors (Lipinski definition) is 4. The van der Waals surface area contributed by atoms with Gasteiger partial charge in [-0.05, 0) is 59.7 Å². The van der Waals surface area contributed by atoms with E-state index in [1.807, 2.05) is 35.2 Å². The minimum atomic E-state index is -0.212. The zero-order valence-corrected chi connectivity index (χ0v) is 20.0. The number of carbonyl (C=O) groups is 2. The highest BCUT2D eigenvalue weighted by molar-refractivity contribution is 5.91. The molecule has 1 aliphatic heterocycles. The molecule has 6 heteroatoms. The Morgan fingerprint density at radius 2 is 1.91 bits per heavy atom. The van der Waals surface area contributed by atoms with Gasteiger partial charge in [0.05, 0.1) is 6.04 Å². The van der Waals surface area contributed by atoms with Crippen molar-refractivity contribution in [1.82, 2.24) is 10.2 Å². The van der Waals surface area contributed by atoms with Crippen LogP contribution >= 0.6 is 0 Å². The van der Waals surface area contributed by atoms with Crippen molar-refractivity contribution in [3.63, 3.8) is 0 Å². The van der Waals surface area contributed by atoms with Gasteiger partial charge in [-0.1, -0.05) is 50.2 Å². The molecule has 2 heterocycles. The second-order valence-corrected chi connectivity index (χ2v) is 9.13. The summed E-state index contributed by atoms with van der Waals surface area (Å²) < 4.78 is 11.7. The molecule has 1 aliphatic rings. The van der Waals surface area contributed by atoms with E-state index in [2.05, 4.69) is 37.4 Å². The molecule has 178 valence electrons. The van der Waals surface area contributed by atoms with Crippen LogP contribution in [-0.4, -0.2) is 29.8 Å². The van der Waals surface area contributed by atoms with E-state index in [1.54, 1.807) is 19.1 Å². The first-order valence-corrected chi connectivity index (χ1v) is 11.9. The fourth-order valence-corrected chi connectivity index (χ4v) is 4.31. The number of nitrogens with one attached hydrogen (secondary N) is 1. The van der Waals surface area contributed by atoms with Crippen LogP contribution in [0.15, 0.2) is 65.1 Å². The van der Waals surface area contributed by atoms with Crippen molar-refractivity contribution in [2.45, 2.75) is 46.3 Å². The van der Waals surface area contributed by atoms with Crippen LogP contribution in [0.3, 0.4) is 0 Å². The van der Waals surface area contributed by atoms with Gasteiger partial charge in [-0.3, -0.25) is 9.59 Å². The van der Waals surface area contributed by atoms with Crippen LogP contribution in [0.5, 0.6) is 5.75 Å². The molecule has 2 amide bonds. The molecule has 34 heavy (non-hydrogen) atoms. The summed E-state index contributed by atoms with van der Waals surface area (Å²) in [5.41, 5.74) is 3.38. The molecular weight excluding hydrogens is 428 g/mol. The molecule has 0 spiro atoms. The summed E-state index contributed by atoms with van der Waals surface area (Å²) in [5.74, 6) is 1.94. The highest BCUT2D eigenvalue weighted by Crippen LogP contribution is 2.37. The number of hydrogen-bond donors (Lipinski definition) is 1. The first-order chi connectivity index (χ1) is 16.4. The molecule has 0 bridgehead atoms. The fourth-order valence-electron chi connectivity index (χ4n) is 4.31. The lowest BCUT2D eigenvalue weighted by Gasteiger charge is -2.37. The molecule has 1 aromatic heterocycles. The van der Waals surface area contributed by atoms with E-state index >= 15 is 0 Å². The van der Waals surface area contributed by atoms with Crippen molar-refractivity contribution in [2.75, 3.05) is 13.1 Å². The number of nitrogens with zero attached hydrogens (tertiary/aromatic N) is 1. The lowest BCUT2D eigenvalue weighted by Crippen LogP contribution is -2.39. The number of ether oxygens (including phenoxy) is 1. The Balaban J connectivity index is 1.47. The Hall–Kier alpha value is -3.54. The smallest absolute Gasteiger partial charge is 0.286 e. The average molecular weight is 461 g/mol. The molecule has 0 unspecified atom stereocenters. The van der Waals surface area contributed by atoms with E-state index in [4.69, 9.17) is 9.15 Å². The van der Waals surface area contributed by atoms with Gasteiger partial charge in [0.2, 0.25) is 5.91 Å². The molecule has 4 rings (SSSR count). The third kappa shape index (κ3) is 5.50. The van der Waals surface area contributed by atoms with Crippen molar-refractivity contribution in [2.24, 2.45) is 5.92 Å². The largest absolute Gasteiger partial charge is 0.486 e. The van der Waals surface area contributed by atoms with Crippen LogP contribution in [0, 0.1) is 5.92 Å². The number of benzene rings is 2. The summed E-state index contributed by atoms with van der Waals surface area (Å²) in [4.78, 5) is 26.6. The molecule has 0 aliphatic carbocycles. The summed E-state index contributed by atoms with van der Waals surface area (Å²) >= 11 is 0. The van der Waals surface area contributed by atoms with Gasteiger partial charge < -0.3 is 19.4 Å². The van der Waals surface area contributed by atoms with Crippen molar-refractivity contribution in [3.8, 4) is 5.75 Å². The van der Waals surface area contributed by atoms with E-state index in [0.29, 0.717) is 30.5 Å². The molecule has 1 N–H and O–H groups in total. The first-order valence-electron chi connectivity index (χ1n) is 11.9. The van der Waals surface area contributed by atoms with Crippen molar-refractivity contribution in [3.05, 3.63) is 88.9 Å². The van der Waals surface area contributed by atoms with Crippen molar-refractivity contribution < 1.29 is 18.7 Å². The third-order valence-electron chi connectivity index (χ3n) is 6.14. The molecule has 0 radical (unpaired) electrons. The number of fused-ring (bicyclic) bond motifs is 1. The van der Waals surface area contributed by atoms with Crippen LogP contribution in [-0.2, 0) is 17.8 Å². The van der Waals surface area contributed by atoms with Crippen LogP contribution in [0.25, 0.3) is 0 Å². The minimum Gasteiger partial charge on any atom is -0.486 e. The van der Waals surface area contributed by atoms with E-state index in [-0.39, 0.29) is 30.2 Å². The van der Waals surface area contributed by atoms with E-state index in [9.17, 15) is 9.59 Å². The van der Waals surface area contributed by atoms with E-state index in [0.717, 1.165) is 24.0 Å². The zero-order valence-electron chi connectivity index (χ0n) is 20.0. The van der Waals surface area contributed by atoms with Gasteiger partial charge in [0.25, 0.3) is 5.91 Å². The standard InChI is InChI=1S/C28H32N2O4/c1-19(2)13-15-29-28(32)26-12-11-24(34-26)18-33-23-10-9-21-14-16-30(20(3)31)27(25(21)17-23)22-7-5-4-6-8-22/h4-12,17,19,27H,13-16,18H2,1-3H3,(H,29,32)/t27-/m1/s1. The average Bonchev–Trinajstić information content (AvgIpc) is 3.31. The second-order valence-electron chi connectivity index (χ2n) is 9.13. The van der Waals surface area contributed by atoms with Gasteiger partial charge in [0.15, 0.2) is 5.76 Å². The molecule has 6 nitrogen and oxygen atoms in total. The Kier molecular flexibility index (Phi) is 7.36. The van der Waals surface area contributed by atoms with Crippen LogP contribution < -0.4 is 10.1 Å². The lowest BCUT2D eigenvalue weighted by molar-refractivity contribution is -0.130. The first kappa shape index (κ1) is 23.6. The van der Waals surface area contributed by atoms with Crippen molar-refractivity contribution in [1.29, 1.82) is 0 Å². The molecule has 1 atom stereocenters. The maximum absolute atomic E-state index is 12.4. The summed E-state index contributed by atoms with van der Waals surface area (Å²) in [7, 11) is 0.